The molecular formula is C22H27N7O. The second-order valence-electron chi connectivity index (χ2n) is 8.54. The molecule has 30 heavy (non-hydrogen) atoms. The normalized spacial score (nSPS) is 21.5. The zero-order valence-corrected chi connectivity index (χ0v) is 17.5. The lowest BCUT2D eigenvalue weighted by atomic mass is 9.91. The summed E-state index contributed by atoms with van der Waals surface area (Å²) in [4.78, 5) is 21.6. The van der Waals surface area contributed by atoms with E-state index in [4.69, 9.17) is 0 Å². The molecule has 0 atom stereocenters. The summed E-state index contributed by atoms with van der Waals surface area (Å²) in [6, 6.07) is 7.78. The van der Waals surface area contributed by atoms with Gasteiger partial charge in [-0.15, -0.1) is 5.10 Å². The number of nitrogens with one attached hydrogen (secondary N) is 1. The molecule has 0 unspecified atom stereocenters. The van der Waals surface area contributed by atoms with Gasteiger partial charge in [-0.05, 0) is 70.6 Å². The molecule has 2 aliphatic carbocycles. The van der Waals surface area contributed by atoms with Crippen LogP contribution in [-0.2, 0) is 0 Å². The quantitative estimate of drug-likeness (QED) is 0.700. The Hall–Kier alpha value is -3.03. The number of anilines is 1. The minimum atomic E-state index is -0.0541. The molecule has 0 amide bonds. The molecule has 5 rings (SSSR count). The second-order valence-corrected chi connectivity index (χ2v) is 8.54. The molecule has 2 saturated carbocycles. The molecule has 8 heteroatoms. The average Bonchev–Trinajstić information content (AvgIpc) is 3.54. The second kappa shape index (κ2) is 7.66. The zero-order valence-electron chi connectivity index (χ0n) is 17.5. The van der Waals surface area contributed by atoms with Crippen LogP contribution < -0.4 is 10.9 Å². The highest BCUT2D eigenvalue weighted by Gasteiger charge is 2.28. The number of aryl methyl sites for hydroxylation is 2. The van der Waals surface area contributed by atoms with Crippen LogP contribution in [0.1, 0.15) is 67.7 Å². The molecule has 0 aromatic carbocycles. The highest BCUT2D eigenvalue weighted by atomic mass is 16.1. The summed E-state index contributed by atoms with van der Waals surface area (Å²) in [5.41, 5.74) is 1.89. The van der Waals surface area contributed by atoms with Gasteiger partial charge in [0.25, 0.3) is 5.56 Å². The van der Waals surface area contributed by atoms with Gasteiger partial charge >= 0.3 is 0 Å². The lowest BCUT2D eigenvalue weighted by Gasteiger charge is -2.30. The Morgan fingerprint density at radius 3 is 2.50 bits per heavy atom. The highest BCUT2D eigenvalue weighted by Crippen LogP contribution is 2.38. The predicted octanol–water partition coefficient (Wildman–Crippen LogP) is 3.31. The van der Waals surface area contributed by atoms with E-state index in [2.05, 4.69) is 25.5 Å². The van der Waals surface area contributed by atoms with Crippen LogP contribution in [0.2, 0.25) is 0 Å². The van der Waals surface area contributed by atoms with Crippen molar-refractivity contribution in [2.24, 2.45) is 0 Å². The Bertz CT molecular complexity index is 1110. The fourth-order valence-electron chi connectivity index (χ4n) is 4.32. The first-order valence-electron chi connectivity index (χ1n) is 10.8. The van der Waals surface area contributed by atoms with Gasteiger partial charge in [0, 0.05) is 29.9 Å². The lowest BCUT2D eigenvalue weighted by molar-refractivity contribution is 0.302. The van der Waals surface area contributed by atoms with E-state index in [-0.39, 0.29) is 11.6 Å². The van der Waals surface area contributed by atoms with E-state index in [1.54, 1.807) is 21.5 Å². The monoisotopic (exact) mass is 405 g/mol. The van der Waals surface area contributed by atoms with Crippen LogP contribution in [-0.4, -0.2) is 35.6 Å². The summed E-state index contributed by atoms with van der Waals surface area (Å²) in [5, 5.41) is 12.7. The molecule has 3 heterocycles. The zero-order chi connectivity index (χ0) is 20.7. The minimum absolute atomic E-state index is 0.0541. The molecule has 0 bridgehead atoms. The molecule has 156 valence electrons. The molecule has 2 fully saturated rings. The Morgan fingerprint density at radius 1 is 1.00 bits per heavy atom. The molecule has 2 aliphatic rings. The van der Waals surface area contributed by atoms with Crippen molar-refractivity contribution in [2.75, 3.05) is 5.32 Å². The molecule has 0 saturated heterocycles. The predicted molar refractivity (Wildman–Crippen MR) is 114 cm³/mol. The van der Waals surface area contributed by atoms with Crippen molar-refractivity contribution in [3.63, 3.8) is 0 Å². The summed E-state index contributed by atoms with van der Waals surface area (Å²) in [6.07, 6.45) is 8.03. The summed E-state index contributed by atoms with van der Waals surface area (Å²) < 4.78 is 3.45. The van der Waals surface area contributed by atoms with Crippen LogP contribution in [0.25, 0.3) is 5.82 Å². The number of aromatic nitrogens is 6. The maximum atomic E-state index is 12.5. The maximum absolute atomic E-state index is 12.5. The molecule has 3 aromatic heterocycles. The van der Waals surface area contributed by atoms with Gasteiger partial charge in [-0.2, -0.15) is 5.10 Å². The van der Waals surface area contributed by atoms with Crippen molar-refractivity contribution in [2.45, 2.75) is 70.4 Å². The van der Waals surface area contributed by atoms with Crippen LogP contribution in [0, 0.1) is 13.8 Å². The largest absolute Gasteiger partial charge is 0.367 e. The first-order chi connectivity index (χ1) is 14.6. The molecule has 0 aliphatic heterocycles. The minimum Gasteiger partial charge on any atom is -0.367 e. The van der Waals surface area contributed by atoms with Gasteiger partial charge in [-0.25, -0.2) is 19.3 Å². The Kier molecular flexibility index (Phi) is 4.84. The van der Waals surface area contributed by atoms with Gasteiger partial charge in [0.15, 0.2) is 5.82 Å². The van der Waals surface area contributed by atoms with Crippen LogP contribution >= 0.6 is 0 Å². The molecule has 0 radical (unpaired) electrons. The van der Waals surface area contributed by atoms with E-state index in [0.29, 0.717) is 17.8 Å². The fourth-order valence-corrected chi connectivity index (χ4v) is 4.32. The van der Waals surface area contributed by atoms with Gasteiger partial charge in [0.05, 0.1) is 11.7 Å². The summed E-state index contributed by atoms with van der Waals surface area (Å²) in [5.74, 6) is 3.12. The van der Waals surface area contributed by atoms with E-state index in [9.17, 15) is 4.79 Å². The number of nitrogens with zero attached hydrogens (tertiary/aromatic N) is 6. The molecule has 0 spiro atoms. The number of hydrogen-bond donors (Lipinski definition) is 1. The number of rotatable bonds is 5. The third-order valence-corrected chi connectivity index (χ3v) is 6.05. The van der Waals surface area contributed by atoms with Crippen LogP contribution in [0.15, 0.2) is 35.3 Å². The van der Waals surface area contributed by atoms with Gasteiger partial charge < -0.3 is 5.32 Å². The molecule has 1 N–H and O–H groups in total. The van der Waals surface area contributed by atoms with Crippen molar-refractivity contribution < 1.29 is 0 Å². The number of hydrogen-bond acceptors (Lipinski definition) is 6. The van der Waals surface area contributed by atoms with Gasteiger partial charge in [0.1, 0.15) is 11.6 Å². The van der Waals surface area contributed by atoms with E-state index < -0.39 is 0 Å². The van der Waals surface area contributed by atoms with Gasteiger partial charge in [0.2, 0.25) is 0 Å². The SMILES string of the molecule is Cc1cc(C)n(-c2ccc(=O)n(C3CCC(Nc4ccnc(C5CC5)n4)CC3)n2)n1. The van der Waals surface area contributed by atoms with Crippen molar-refractivity contribution in [3.05, 3.63) is 58.0 Å². The smallest absolute Gasteiger partial charge is 0.267 e. The van der Waals surface area contributed by atoms with Crippen molar-refractivity contribution in [1.29, 1.82) is 0 Å². The Labute approximate surface area is 175 Å². The molecular weight excluding hydrogens is 378 g/mol. The van der Waals surface area contributed by atoms with E-state index in [0.717, 1.165) is 48.7 Å². The van der Waals surface area contributed by atoms with E-state index >= 15 is 0 Å². The van der Waals surface area contributed by atoms with Crippen LogP contribution in [0.4, 0.5) is 5.82 Å². The van der Waals surface area contributed by atoms with E-state index in [1.807, 2.05) is 32.2 Å². The summed E-state index contributed by atoms with van der Waals surface area (Å²) >= 11 is 0. The lowest BCUT2D eigenvalue weighted by Crippen LogP contribution is -2.33. The van der Waals surface area contributed by atoms with Crippen molar-refractivity contribution >= 4 is 5.82 Å². The molecule has 3 aromatic rings. The van der Waals surface area contributed by atoms with Crippen molar-refractivity contribution in [3.8, 4) is 5.82 Å². The first-order valence-corrected chi connectivity index (χ1v) is 10.8. The third kappa shape index (κ3) is 3.86. The van der Waals surface area contributed by atoms with Gasteiger partial charge in [-0.3, -0.25) is 4.79 Å². The topological polar surface area (TPSA) is 90.5 Å². The van der Waals surface area contributed by atoms with Gasteiger partial charge in [-0.1, -0.05) is 0 Å². The standard InChI is InChI=1S/C22H27N7O/c1-14-13-15(2)28(26-14)20-9-10-21(30)29(27-20)18-7-5-17(6-8-18)24-19-11-12-23-22(25-19)16-3-4-16/h9-13,16-18H,3-8H2,1-2H3,(H,23,24,25). The average molecular weight is 406 g/mol. The van der Waals surface area contributed by atoms with E-state index in [1.165, 1.54) is 12.8 Å². The Balaban J connectivity index is 1.27. The molecule has 8 nitrogen and oxygen atoms in total. The van der Waals surface area contributed by atoms with Crippen LogP contribution in [0.3, 0.4) is 0 Å². The first kappa shape index (κ1) is 19.0. The third-order valence-electron chi connectivity index (χ3n) is 6.05. The Morgan fingerprint density at radius 2 is 1.80 bits per heavy atom. The fraction of sp³-hybridized carbons (Fsp3) is 0.500. The maximum Gasteiger partial charge on any atom is 0.267 e. The van der Waals surface area contributed by atoms with Crippen molar-refractivity contribution in [1.82, 2.24) is 29.5 Å². The summed E-state index contributed by atoms with van der Waals surface area (Å²) in [7, 11) is 0. The van der Waals surface area contributed by atoms with Crippen LogP contribution in [0.5, 0.6) is 0 Å². The summed E-state index contributed by atoms with van der Waals surface area (Å²) in [6.45, 7) is 3.95. The highest BCUT2D eigenvalue weighted by molar-refractivity contribution is 5.35.